The van der Waals surface area contributed by atoms with Gasteiger partial charge in [-0.15, -0.1) is 0 Å². The van der Waals surface area contributed by atoms with E-state index in [0.29, 0.717) is 6.04 Å². The van der Waals surface area contributed by atoms with Crippen LogP contribution < -0.4 is 10.2 Å². The Balaban J connectivity index is 1.46. The molecular formula is C24H23N3O. The molecular weight excluding hydrogens is 346 g/mol. The van der Waals surface area contributed by atoms with Gasteiger partial charge in [-0.2, -0.15) is 0 Å². The minimum absolute atomic E-state index is 0.119. The van der Waals surface area contributed by atoms with Crippen molar-refractivity contribution in [2.45, 2.75) is 25.0 Å². The van der Waals surface area contributed by atoms with Gasteiger partial charge in [0.25, 0.3) is 5.91 Å². The van der Waals surface area contributed by atoms with Crippen LogP contribution in [0.15, 0.2) is 78.9 Å². The number of benzene rings is 3. The molecule has 1 saturated carbocycles. The Morgan fingerprint density at radius 1 is 0.857 bits per heavy atom. The molecule has 3 aromatic carbocycles. The van der Waals surface area contributed by atoms with E-state index in [1.54, 1.807) is 0 Å². The molecule has 2 aliphatic rings. The zero-order valence-electron chi connectivity index (χ0n) is 15.9. The number of carbonyl (C=O) groups is 1. The first-order chi connectivity index (χ1) is 13.7. The maximum Gasteiger partial charge on any atom is 0.258 e. The van der Waals surface area contributed by atoms with Crippen LogP contribution in [0.2, 0.25) is 0 Å². The lowest BCUT2D eigenvalue weighted by molar-refractivity contribution is 0.0666. The third-order valence-corrected chi connectivity index (χ3v) is 5.64. The molecule has 1 aliphatic carbocycles. The predicted molar refractivity (Wildman–Crippen MR) is 113 cm³/mol. The molecule has 1 heterocycles. The highest BCUT2D eigenvalue weighted by Gasteiger charge is 2.41. The van der Waals surface area contributed by atoms with E-state index in [0.717, 1.165) is 41.0 Å². The normalized spacial score (nSPS) is 18.4. The van der Waals surface area contributed by atoms with Gasteiger partial charge in [-0.3, -0.25) is 4.79 Å². The molecule has 0 aromatic heterocycles. The molecule has 0 spiro atoms. The number of carbonyl (C=O) groups excluding carboxylic acids is 1. The summed E-state index contributed by atoms with van der Waals surface area (Å²) in [5.74, 6) is 0.132. The monoisotopic (exact) mass is 369 g/mol. The minimum Gasteiger partial charge on any atom is -0.361 e. The summed E-state index contributed by atoms with van der Waals surface area (Å²) in [6, 6.07) is 27.0. The highest BCUT2D eigenvalue weighted by Crippen LogP contribution is 2.41. The van der Waals surface area contributed by atoms with E-state index in [2.05, 4.69) is 53.7 Å². The average molecular weight is 369 g/mol. The Kier molecular flexibility index (Phi) is 4.05. The molecule has 0 saturated heterocycles. The van der Waals surface area contributed by atoms with Gasteiger partial charge in [-0.05, 0) is 54.8 Å². The largest absolute Gasteiger partial charge is 0.361 e. The molecule has 1 amide bonds. The van der Waals surface area contributed by atoms with Crippen molar-refractivity contribution in [3.63, 3.8) is 0 Å². The van der Waals surface area contributed by atoms with Gasteiger partial charge in [-0.1, -0.05) is 42.5 Å². The van der Waals surface area contributed by atoms with E-state index >= 15 is 0 Å². The number of anilines is 3. The molecule has 4 nitrogen and oxygen atoms in total. The van der Waals surface area contributed by atoms with E-state index in [1.807, 2.05) is 47.4 Å². The first-order valence-corrected chi connectivity index (χ1v) is 9.79. The van der Waals surface area contributed by atoms with Crippen molar-refractivity contribution in [2.24, 2.45) is 0 Å². The van der Waals surface area contributed by atoms with Crippen LogP contribution in [-0.2, 0) is 0 Å². The van der Waals surface area contributed by atoms with E-state index < -0.39 is 0 Å². The number of hydrogen-bond acceptors (Lipinski definition) is 3. The zero-order chi connectivity index (χ0) is 19.1. The van der Waals surface area contributed by atoms with Crippen molar-refractivity contribution < 1.29 is 4.79 Å². The third-order valence-electron chi connectivity index (χ3n) is 5.64. The smallest absolute Gasteiger partial charge is 0.258 e. The van der Waals surface area contributed by atoms with Gasteiger partial charge in [0.2, 0.25) is 0 Å². The summed E-state index contributed by atoms with van der Waals surface area (Å²) in [4.78, 5) is 17.3. The lowest BCUT2D eigenvalue weighted by Crippen LogP contribution is -2.44. The number of nitrogens with one attached hydrogen (secondary N) is 1. The fourth-order valence-electron chi connectivity index (χ4n) is 3.92. The number of amides is 1. The van der Waals surface area contributed by atoms with Crippen molar-refractivity contribution >= 4 is 23.0 Å². The second kappa shape index (κ2) is 6.71. The Hall–Kier alpha value is -3.27. The molecule has 1 unspecified atom stereocenters. The van der Waals surface area contributed by atoms with Crippen molar-refractivity contribution in [3.05, 3.63) is 90.0 Å². The number of para-hydroxylation sites is 2. The molecule has 1 aliphatic heterocycles. The highest BCUT2D eigenvalue weighted by atomic mass is 16.2. The summed E-state index contributed by atoms with van der Waals surface area (Å²) in [5, 5.41) is 3.59. The molecule has 0 bridgehead atoms. The number of nitrogens with zero attached hydrogens (tertiary/aromatic N) is 2. The molecule has 3 aromatic rings. The molecule has 5 rings (SSSR count). The van der Waals surface area contributed by atoms with Crippen LogP contribution in [0.4, 0.5) is 17.1 Å². The van der Waals surface area contributed by atoms with Crippen molar-refractivity contribution in [3.8, 4) is 0 Å². The maximum atomic E-state index is 13.1. The van der Waals surface area contributed by atoms with Gasteiger partial charge < -0.3 is 15.1 Å². The van der Waals surface area contributed by atoms with Crippen LogP contribution in [-0.4, -0.2) is 23.9 Å². The first kappa shape index (κ1) is 16.9. The molecule has 4 heteroatoms. The number of hydrogen-bond donors (Lipinski definition) is 1. The topological polar surface area (TPSA) is 35.6 Å². The predicted octanol–water partition coefficient (Wildman–Crippen LogP) is 5.18. The lowest BCUT2D eigenvalue weighted by atomic mass is 10.0. The molecule has 28 heavy (non-hydrogen) atoms. The quantitative estimate of drug-likeness (QED) is 0.688. The van der Waals surface area contributed by atoms with Gasteiger partial charge in [0.05, 0.1) is 5.56 Å². The van der Waals surface area contributed by atoms with Crippen LogP contribution in [0.5, 0.6) is 0 Å². The van der Waals surface area contributed by atoms with E-state index in [9.17, 15) is 4.79 Å². The van der Waals surface area contributed by atoms with Gasteiger partial charge >= 0.3 is 0 Å². The van der Waals surface area contributed by atoms with Gasteiger partial charge in [0, 0.05) is 30.2 Å². The van der Waals surface area contributed by atoms with Gasteiger partial charge in [0.15, 0.2) is 0 Å². The Bertz CT molecular complexity index is 996. The zero-order valence-corrected chi connectivity index (χ0v) is 15.9. The molecule has 1 atom stereocenters. The van der Waals surface area contributed by atoms with Crippen LogP contribution in [0.3, 0.4) is 0 Å². The molecule has 0 radical (unpaired) electrons. The number of fused-ring (bicyclic) bond motifs is 1. The Morgan fingerprint density at radius 2 is 1.50 bits per heavy atom. The SMILES string of the molecule is CN(c1ccccc1)c1ccc(C2Nc3ccccc3C(=O)N2C2CC2)cc1. The second-order valence-electron chi connectivity index (χ2n) is 7.52. The summed E-state index contributed by atoms with van der Waals surface area (Å²) >= 11 is 0. The van der Waals surface area contributed by atoms with Crippen molar-refractivity contribution in [2.75, 3.05) is 17.3 Å². The van der Waals surface area contributed by atoms with Crippen LogP contribution in [0, 0.1) is 0 Å². The average Bonchev–Trinajstić information content (AvgIpc) is 3.59. The van der Waals surface area contributed by atoms with Gasteiger partial charge in [0.1, 0.15) is 6.17 Å². The molecule has 140 valence electrons. The van der Waals surface area contributed by atoms with E-state index in [-0.39, 0.29) is 12.1 Å². The third kappa shape index (κ3) is 2.91. The highest BCUT2D eigenvalue weighted by molar-refractivity contribution is 6.02. The van der Waals surface area contributed by atoms with Crippen molar-refractivity contribution in [1.29, 1.82) is 0 Å². The molecule has 1 N–H and O–H groups in total. The fraction of sp³-hybridized carbons (Fsp3) is 0.208. The fourth-order valence-corrected chi connectivity index (χ4v) is 3.92. The lowest BCUT2D eigenvalue weighted by Gasteiger charge is -2.38. The maximum absolute atomic E-state index is 13.1. The minimum atomic E-state index is -0.119. The summed E-state index contributed by atoms with van der Waals surface area (Å²) in [7, 11) is 2.07. The van der Waals surface area contributed by atoms with Crippen LogP contribution >= 0.6 is 0 Å². The first-order valence-electron chi connectivity index (χ1n) is 9.79. The Labute approximate surface area is 165 Å². The standard InChI is InChI=1S/C24H23N3O/c1-26(18-7-3-2-4-8-18)19-13-11-17(12-14-19)23-25-22-10-6-5-9-21(22)24(28)27(23)20-15-16-20/h2-14,20,23,25H,15-16H2,1H3. The van der Waals surface area contributed by atoms with E-state index in [1.165, 1.54) is 0 Å². The van der Waals surface area contributed by atoms with E-state index in [4.69, 9.17) is 0 Å². The summed E-state index contributed by atoms with van der Waals surface area (Å²) in [6.07, 6.45) is 2.05. The Morgan fingerprint density at radius 3 is 2.21 bits per heavy atom. The van der Waals surface area contributed by atoms with Crippen LogP contribution in [0.1, 0.15) is 34.9 Å². The summed E-state index contributed by atoms with van der Waals surface area (Å²) in [5.41, 5.74) is 5.07. The summed E-state index contributed by atoms with van der Waals surface area (Å²) < 4.78 is 0. The van der Waals surface area contributed by atoms with Crippen LogP contribution in [0.25, 0.3) is 0 Å². The second-order valence-corrected chi connectivity index (χ2v) is 7.52. The van der Waals surface area contributed by atoms with Gasteiger partial charge in [-0.25, -0.2) is 0 Å². The summed E-state index contributed by atoms with van der Waals surface area (Å²) in [6.45, 7) is 0. The van der Waals surface area contributed by atoms with Crippen molar-refractivity contribution in [1.82, 2.24) is 4.90 Å². The number of rotatable bonds is 4. The molecule has 1 fully saturated rings.